The molecule has 22 heavy (non-hydrogen) atoms. The first-order valence-corrected chi connectivity index (χ1v) is 7.86. The van der Waals surface area contributed by atoms with Gasteiger partial charge in [0.2, 0.25) is 0 Å². The number of nitrogens with zero attached hydrogens (tertiary/aromatic N) is 2. The molecule has 0 saturated heterocycles. The summed E-state index contributed by atoms with van der Waals surface area (Å²) < 4.78 is 14.0. The molecule has 2 aromatic carbocycles. The highest BCUT2D eigenvalue weighted by atomic mass is 32.1. The standard InChI is InChI=1S/C17H17N3OS/c1-2-5-14(6-3-1)13-21-17-8-4-7-15(9-17)10-18-11-16-12-19-22-20-16/h1-9,12,18H,10-11,13H2. The van der Waals surface area contributed by atoms with E-state index in [9.17, 15) is 0 Å². The van der Waals surface area contributed by atoms with Crippen LogP contribution in [0.3, 0.4) is 0 Å². The van der Waals surface area contributed by atoms with Gasteiger partial charge in [0.25, 0.3) is 0 Å². The Morgan fingerprint density at radius 1 is 0.955 bits per heavy atom. The minimum atomic E-state index is 0.586. The third-order valence-electron chi connectivity index (χ3n) is 3.19. The highest BCUT2D eigenvalue weighted by molar-refractivity contribution is 6.99. The Hall–Kier alpha value is -2.24. The van der Waals surface area contributed by atoms with Crippen molar-refractivity contribution in [2.75, 3.05) is 0 Å². The summed E-state index contributed by atoms with van der Waals surface area (Å²) in [6, 6.07) is 18.3. The van der Waals surface area contributed by atoms with Crippen LogP contribution in [-0.2, 0) is 19.7 Å². The van der Waals surface area contributed by atoms with Crippen LogP contribution >= 0.6 is 11.7 Å². The molecule has 0 amide bonds. The lowest BCUT2D eigenvalue weighted by atomic mass is 10.2. The molecular formula is C17H17N3OS. The van der Waals surface area contributed by atoms with Crippen molar-refractivity contribution < 1.29 is 4.74 Å². The minimum absolute atomic E-state index is 0.586. The first kappa shape index (κ1) is 14.7. The fourth-order valence-corrected chi connectivity index (χ4v) is 2.52. The molecule has 0 aliphatic carbocycles. The fourth-order valence-electron chi connectivity index (χ4n) is 2.08. The topological polar surface area (TPSA) is 47.0 Å². The van der Waals surface area contributed by atoms with Crippen LogP contribution < -0.4 is 10.1 Å². The molecule has 1 aromatic heterocycles. The van der Waals surface area contributed by atoms with Gasteiger partial charge in [-0.25, -0.2) is 0 Å². The van der Waals surface area contributed by atoms with Crippen LogP contribution in [0.25, 0.3) is 0 Å². The van der Waals surface area contributed by atoms with Gasteiger partial charge in [-0.3, -0.25) is 0 Å². The summed E-state index contributed by atoms with van der Waals surface area (Å²) in [6.07, 6.45) is 1.79. The molecule has 0 spiro atoms. The first-order valence-electron chi connectivity index (χ1n) is 7.13. The molecule has 4 nitrogen and oxygen atoms in total. The zero-order chi connectivity index (χ0) is 15.0. The molecule has 0 aliphatic heterocycles. The van der Waals surface area contributed by atoms with Gasteiger partial charge in [-0.15, -0.1) is 0 Å². The minimum Gasteiger partial charge on any atom is -0.489 e. The number of hydrogen-bond acceptors (Lipinski definition) is 5. The van der Waals surface area contributed by atoms with Gasteiger partial charge in [0, 0.05) is 13.1 Å². The van der Waals surface area contributed by atoms with Crippen LogP contribution in [0, 0.1) is 0 Å². The zero-order valence-electron chi connectivity index (χ0n) is 12.1. The number of ether oxygens (including phenoxy) is 1. The number of aromatic nitrogens is 2. The maximum atomic E-state index is 5.84. The Labute approximate surface area is 134 Å². The second-order valence-corrected chi connectivity index (χ2v) is 5.48. The highest BCUT2D eigenvalue weighted by Crippen LogP contribution is 2.15. The van der Waals surface area contributed by atoms with Crippen LogP contribution in [0.5, 0.6) is 5.75 Å². The van der Waals surface area contributed by atoms with E-state index in [4.69, 9.17) is 4.74 Å². The summed E-state index contributed by atoms with van der Waals surface area (Å²) in [7, 11) is 0. The molecule has 0 saturated carbocycles. The van der Waals surface area contributed by atoms with Gasteiger partial charge in [0.15, 0.2) is 0 Å². The predicted octanol–water partition coefficient (Wildman–Crippen LogP) is 3.41. The Morgan fingerprint density at radius 3 is 2.64 bits per heavy atom. The third kappa shape index (κ3) is 4.38. The Morgan fingerprint density at radius 2 is 1.82 bits per heavy atom. The van der Waals surface area contributed by atoms with Crippen LogP contribution in [0.2, 0.25) is 0 Å². The summed E-state index contributed by atoms with van der Waals surface area (Å²) in [6.45, 7) is 2.09. The van der Waals surface area contributed by atoms with Gasteiger partial charge < -0.3 is 10.1 Å². The molecule has 1 N–H and O–H groups in total. The maximum Gasteiger partial charge on any atom is 0.120 e. The van der Waals surface area contributed by atoms with Gasteiger partial charge in [0.1, 0.15) is 12.4 Å². The van der Waals surface area contributed by atoms with E-state index in [0.29, 0.717) is 6.61 Å². The van der Waals surface area contributed by atoms with E-state index in [0.717, 1.165) is 24.5 Å². The maximum absolute atomic E-state index is 5.84. The van der Waals surface area contributed by atoms with E-state index >= 15 is 0 Å². The van der Waals surface area contributed by atoms with E-state index in [2.05, 4.69) is 38.3 Å². The van der Waals surface area contributed by atoms with Gasteiger partial charge in [-0.05, 0) is 23.3 Å². The van der Waals surface area contributed by atoms with Crippen molar-refractivity contribution in [3.8, 4) is 5.75 Å². The van der Waals surface area contributed by atoms with Crippen LogP contribution in [-0.4, -0.2) is 8.75 Å². The molecule has 1 heterocycles. The molecule has 0 unspecified atom stereocenters. The largest absolute Gasteiger partial charge is 0.489 e. The number of rotatable bonds is 7. The molecule has 112 valence electrons. The predicted molar refractivity (Wildman–Crippen MR) is 87.7 cm³/mol. The Bertz CT molecular complexity index is 686. The average Bonchev–Trinajstić information content (AvgIpc) is 3.08. The second-order valence-electron chi connectivity index (χ2n) is 4.92. The smallest absolute Gasteiger partial charge is 0.120 e. The monoisotopic (exact) mass is 311 g/mol. The molecule has 0 aliphatic rings. The van der Waals surface area contributed by atoms with Gasteiger partial charge >= 0.3 is 0 Å². The summed E-state index contributed by atoms with van der Waals surface area (Å²) in [5, 5.41) is 3.35. The van der Waals surface area contributed by atoms with Crippen molar-refractivity contribution in [1.29, 1.82) is 0 Å². The number of hydrogen-bond donors (Lipinski definition) is 1. The molecule has 3 rings (SSSR count). The van der Waals surface area contributed by atoms with Crippen molar-refractivity contribution in [1.82, 2.24) is 14.1 Å². The van der Waals surface area contributed by atoms with E-state index in [1.165, 1.54) is 22.9 Å². The molecule has 3 aromatic rings. The van der Waals surface area contributed by atoms with Crippen molar-refractivity contribution in [2.45, 2.75) is 19.7 Å². The van der Waals surface area contributed by atoms with Crippen LogP contribution in [0.15, 0.2) is 60.8 Å². The lowest BCUT2D eigenvalue weighted by molar-refractivity contribution is 0.306. The Kier molecular flexibility index (Phi) is 5.13. The van der Waals surface area contributed by atoms with Crippen molar-refractivity contribution >= 4 is 11.7 Å². The number of nitrogens with one attached hydrogen (secondary N) is 1. The summed E-state index contributed by atoms with van der Waals surface area (Å²) in [4.78, 5) is 0. The van der Waals surface area contributed by atoms with Gasteiger partial charge in [-0.1, -0.05) is 42.5 Å². The summed E-state index contributed by atoms with van der Waals surface area (Å²) in [5.41, 5.74) is 3.33. The second kappa shape index (κ2) is 7.68. The van der Waals surface area contributed by atoms with Gasteiger partial charge in [-0.2, -0.15) is 8.75 Å². The van der Waals surface area contributed by atoms with Crippen molar-refractivity contribution in [2.24, 2.45) is 0 Å². The van der Waals surface area contributed by atoms with E-state index in [1.807, 2.05) is 30.3 Å². The van der Waals surface area contributed by atoms with Crippen LogP contribution in [0.4, 0.5) is 0 Å². The van der Waals surface area contributed by atoms with E-state index in [-0.39, 0.29) is 0 Å². The Balaban J connectivity index is 1.51. The molecule has 5 heteroatoms. The lowest BCUT2D eigenvalue weighted by Crippen LogP contribution is -2.12. The molecular weight excluding hydrogens is 294 g/mol. The molecule has 0 atom stereocenters. The van der Waals surface area contributed by atoms with Crippen LogP contribution in [0.1, 0.15) is 16.8 Å². The fraction of sp³-hybridized carbons (Fsp3) is 0.176. The number of benzene rings is 2. The normalized spacial score (nSPS) is 10.5. The third-order valence-corrected chi connectivity index (χ3v) is 3.70. The highest BCUT2D eigenvalue weighted by Gasteiger charge is 2.00. The van der Waals surface area contributed by atoms with Crippen molar-refractivity contribution in [3.05, 3.63) is 77.6 Å². The first-order chi connectivity index (χ1) is 10.9. The zero-order valence-corrected chi connectivity index (χ0v) is 12.9. The van der Waals surface area contributed by atoms with Crippen molar-refractivity contribution in [3.63, 3.8) is 0 Å². The van der Waals surface area contributed by atoms with E-state index < -0.39 is 0 Å². The summed E-state index contributed by atoms with van der Waals surface area (Å²) in [5.74, 6) is 0.887. The average molecular weight is 311 g/mol. The SMILES string of the molecule is c1ccc(COc2cccc(CNCc3cnsn3)c2)cc1. The lowest BCUT2D eigenvalue weighted by Gasteiger charge is -2.08. The molecule has 0 bridgehead atoms. The summed E-state index contributed by atoms with van der Waals surface area (Å²) >= 11 is 1.23. The van der Waals surface area contributed by atoms with E-state index in [1.54, 1.807) is 6.20 Å². The molecule has 0 radical (unpaired) electrons. The quantitative estimate of drug-likeness (QED) is 0.726. The van der Waals surface area contributed by atoms with Gasteiger partial charge in [0.05, 0.1) is 23.6 Å². The molecule has 0 fully saturated rings.